The molecule has 1 fully saturated rings. The zero-order valence-electron chi connectivity index (χ0n) is 10.7. The Morgan fingerprint density at radius 2 is 2.11 bits per heavy atom. The van der Waals surface area contributed by atoms with Crippen molar-refractivity contribution in [2.75, 3.05) is 5.32 Å². The van der Waals surface area contributed by atoms with E-state index in [1.807, 2.05) is 6.92 Å². The molecule has 1 amide bonds. The average Bonchev–Trinajstić information content (AvgIpc) is 2.83. The first kappa shape index (κ1) is 14.8. The molecule has 0 bridgehead atoms. The number of nitrogens with one attached hydrogen (secondary N) is 1. The van der Waals surface area contributed by atoms with Gasteiger partial charge in [0.15, 0.2) is 0 Å². The molecule has 2 rings (SSSR count). The van der Waals surface area contributed by atoms with E-state index in [4.69, 9.17) is 11.6 Å². The highest BCUT2D eigenvalue weighted by Gasteiger charge is 2.39. The average molecular weight is 349 g/mol. The minimum absolute atomic E-state index is 0.0123. The van der Waals surface area contributed by atoms with E-state index in [1.165, 1.54) is 12.1 Å². The van der Waals surface area contributed by atoms with E-state index in [1.54, 1.807) is 0 Å². The molecule has 1 aromatic rings. The Labute approximate surface area is 125 Å². The Morgan fingerprint density at radius 3 is 2.63 bits per heavy atom. The fourth-order valence-electron chi connectivity index (χ4n) is 2.70. The van der Waals surface area contributed by atoms with Gasteiger partial charge in [-0.05, 0) is 47.3 Å². The van der Waals surface area contributed by atoms with Gasteiger partial charge < -0.3 is 5.32 Å². The van der Waals surface area contributed by atoms with Gasteiger partial charge in [-0.3, -0.25) is 4.79 Å². The third-order valence-corrected chi connectivity index (χ3v) is 4.89. The van der Waals surface area contributed by atoms with Gasteiger partial charge in [0, 0.05) is 9.89 Å². The molecule has 1 saturated carbocycles. The number of anilines is 1. The highest BCUT2D eigenvalue weighted by Crippen LogP contribution is 2.43. The van der Waals surface area contributed by atoms with E-state index < -0.39 is 5.82 Å². The monoisotopic (exact) mass is 347 g/mol. The molecule has 1 N–H and O–H groups in total. The third-order valence-electron chi connectivity index (χ3n) is 3.96. The van der Waals surface area contributed by atoms with Crippen molar-refractivity contribution in [2.24, 2.45) is 5.41 Å². The van der Waals surface area contributed by atoms with Crippen molar-refractivity contribution < 1.29 is 9.18 Å². The number of amides is 1. The number of benzene rings is 1. The minimum Gasteiger partial charge on any atom is -0.323 e. The first-order valence-electron chi connectivity index (χ1n) is 6.44. The van der Waals surface area contributed by atoms with E-state index in [0.717, 1.165) is 32.1 Å². The second-order valence-electron chi connectivity index (χ2n) is 5.04. The second kappa shape index (κ2) is 5.80. The van der Waals surface area contributed by atoms with Crippen molar-refractivity contribution in [1.29, 1.82) is 0 Å². The topological polar surface area (TPSA) is 29.1 Å². The fourth-order valence-corrected chi connectivity index (χ4v) is 3.60. The van der Waals surface area contributed by atoms with Crippen LogP contribution < -0.4 is 5.32 Å². The number of hydrogen-bond acceptors (Lipinski definition) is 1. The molecule has 0 radical (unpaired) electrons. The standard InChI is InChI=1S/C14H16BrClFNO/c1-2-14(5-3-4-6-14)13(19)18-12-10(15)7-9(17)8-11(12)16/h7-8H,2-6H2,1H3,(H,18,19). The first-order chi connectivity index (χ1) is 8.98. The van der Waals surface area contributed by atoms with Gasteiger partial charge in [0.05, 0.1) is 10.7 Å². The van der Waals surface area contributed by atoms with E-state index in [9.17, 15) is 9.18 Å². The molecule has 2 nitrogen and oxygen atoms in total. The zero-order chi connectivity index (χ0) is 14.0. The Kier molecular flexibility index (Phi) is 4.51. The zero-order valence-corrected chi connectivity index (χ0v) is 13.1. The van der Waals surface area contributed by atoms with Gasteiger partial charge in [-0.15, -0.1) is 0 Å². The van der Waals surface area contributed by atoms with Crippen LogP contribution in [-0.4, -0.2) is 5.91 Å². The largest absolute Gasteiger partial charge is 0.323 e. The van der Waals surface area contributed by atoms with E-state index >= 15 is 0 Å². The van der Waals surface area contributed by atoms with Crippen LogP contribution >= 0.6 is 27.5 Å². The van der Waals surface area contributed by atoms with Crippen LogP contribution in [0.3, 0.4) is 0 Å². The van der Waals surface area contributed by atoms with Crippen molar-refractivity contribution in [2.45, 2.75) is 39.0 Å². The Bertz CT molecular complexity index is 477. The molecule has 0 spiro atoms. The first-order valence-corrected chi connectivity index (χ1v) is 7.61. The van der Waals surface area contributed by atoms with Crippen LogP contribution in [0.4, 0.5) is 10.1 Å². The maximum Gasteiger partial charge on any atom is 0.230 e. The number of hydrogen-bond donors (Lipinski definition) is 1. The van der Waals surface area contributed by atoms with Crippen molar-refractivity contribution in [3.8, 4) is 0 Å². The molecule has 0 aliphatic heterocycles. The van der Waals surface area contributed by atoms with Crippen LogP contribution in [0, 0.1) is 11.2 Å². The normalized spacial score (nSPS) is 17.5. The summed E-state index contributed by atoms with van der Waals surface area (Å²) in [6, 6.07) is 2.50. The summed E-state index contributed by atoms with van der Waals surface area (Å²) in [5.41, 5.74) is 0.157. The summed E-state index contributed by atoms with van der Waals surface area (Å²) in [4.78, 5) is 12.5. The summed E-state index contributed by atoms with van der Waals surface area (Å²) < 4.78 is 13.6. The SMILES string of the molecule is CCC1(C(=O)Nc2c(Cl)cc(F)cc2Br)CCCC1. The van der Waals surface area contributed by atoms with Crippen molar-refractivity contribution in [1.82, 2.24) is 0 Å². The van der Waals surface area contributed by atoms with Crippen molar-refractivity contribution >= 4 is 39.1 Å². The van der Waals surface area contributed by atoms with Crippen molar-refractivity contribution in [3.63, 3.8) is 0 Å². The molecule has 0 saturated heterocycles. The minimum atomic E-state index is -0.430. The molecule has 0 heterocycles. The van der Waals surface area contributed by atoms with Gasteiger partial charge in [0.25, 0.3) is 0 Å². The van der Waals surface area contributed by atoms with Gasteiger partial charge in [0.1, 0.15) is 5.82 Å². The highest BCUT2D eigenvalue weighted by atomic mass is 79.9. The van der Waals surface area contributed by atoms with Gasteiger partial charge in [0.2, 0.25) is 5.91 Å². The van der Waals surface area contributed by atoms with E-state index in [2.05, 4.69) is 21.2 Å². The number of carbonyl (C=O) groups excluding carboxylic acids is 1. The summed E-state index contributed by atoms with van der Waals surface area (Å²) in [6.45, 7) is 2.03. The highest BCUT2D eigenvalue weighted by molar-refractivity contribution is 9.10. The maximum atomic E-state index is 13.2. The van der Waals surface area contributed by atoms with Crippen LogP contribution in [0.1, 0.15) is 39.0 Å². The number of carbonyl (C=O) groups is 1. The van der Waals surface area contributed by atoms with E-state index in [0.29, 0.717) is 10.2 Å². The lowest BCUT2D eigenvalue weighted by Gasteiger charge is -2.26. The smallest absolute Gasteiger partial charge is 0.230 e. The summed E-state index contributed by atoms with van der Waals surface area (Å²) in [5, 5.41) is 3.07. The Hall–Kier alpha value is -0.610. The molecule has 1 aliphatic carbocycles. The number of rotatable bonds is 3. The van der Waals surface area contributed by atoms with Crippen LogP contribution in [0.5, 0.6) is 0 Å². The molecule has 104 valence electrons. The van der Waals surface area contributed by atoms with Gasteiger partial charge in [-0.1, -0.05) is 31.4 Å². The third kappa shape index (κ3) is 2.95. The van der Waals surface area contributed by atoms with Gasteiger partial charge in [-0.25, -0.2) is 4.39 Å². The van der Waals surface area contributed by atoms with Crippen LogP contribution in [0.2, 0.25) is 5.02 Å². The van der Waals surface area contributed by atoms with E-state index in [-0.39, 0.29) is 16.3 Å². The molecule has 19 heavy (non-hydrogen) atoms. The molecule has 0 aromatic heterocycles. The van der Waals surface area contributed by atoms with Gasteiger partial charge >= 0.3 is 0 Å². The molecule has 5 heteroatoms. The molecule has 1 aromatic carbocycles. The quantitative estimate of drug-likeness (QED) is 0.804. The molecule has 1 aliphatic rings. The van der Waals surface area contributed by atoms with Crippen molar-refractivity contribution in [3.05, 3.63) is 27.4 Å². The lowest BCUT2D eigenvalue weighted by molar-refractivity contribution is -0.125. The lowest BCUT2D eigenvalue weighted by atomic mass is 9.82. The molecular weight excluding hydrogens is 333 g/mol. The second-order valence-corrected chi connectivity index (χ2v) is 6.30. The van der Waals surface area contributed by atoms with Gasteiger partial charge in [-0.2, -0.15) is 0 Å². The van der Waals surface area contributed by atoms with Crippen LogP contribution in [-0.2, 0) is 4.79 Å². The Balaban J connectivity index is 2.24. The molecule has 0 atom stereocenters. The summed E-state index contributed by atoms with van der Waals surface area (Å²) in [7, 11) is 0. The summed E-state index contributed by atoms with van der Waals surface area (Å²) in [5.74, 6) is -0.442. The lowest BCUT2D eigenvalue weighted by Crippen LogP contribution is -2.33. The van der Waals surface area contributed by atoms with Crippen LogP contribution in [0.15, 0.2) is 16.6 Å². The van der Waals surface area contributed by atoms with Crippen LogP contribution in [0.25, 0.3) is 0 Å². The fraction of sp³-hybridized carbons (Fsp3) is 0.500. The Morgan fingerprint density at radius 1 is 1.47 bits per heavy atom. The summed E-state index contributed by atoms with van der Waals surface area (Å²) >= 11 is 9.22. The predicted molar refractivity (Wildman–Crippen MR) is 78.9 cm³/mol. The molecule has 0 unspecified atom stereocenters. The summed E-state index contributed by atoms with van der Waals surface area (Å²) in [6.07, 6.45) is 4.80. The molecular formula is C14H16BrClFNO. The predicted octanol–water partition coefficient (Wildman–Crippen LogP) is 5.15. The number of halogens is 3. The maximum absolute atomic E-state index is 13.2.